The predicted octanol–water partition coefficient (Wildman–Crippen LogP) is 0.951. The van der Waals surface area contributed by atoms with Crippen LogP contribution in [0.4, 0.5) is 0 Å². The van der Waals surface area contributed by atoms with E-state index in [1.165, 1.54) is 5.56 Å². The van der Waals surface area contributed by atoms with Gasteiger partial charge >= 0.3 is 0 Å². The molecule has 0 fully saturated rings. The molecule has 1 heterocycles. The lowest BCUT2D eigenvalue weighted by Crippen LogP contribution is -1.93. The molecule has 0 saturated carbocycles. The summed E-state index contributed by atoms with van der Waals surface area (Å²) in [5.74, 6) is 0.548. The Morgan fingerprint density at radius 3 is 2.85 bits per heavy atom. The minimum absolute atomic E-state index is 0.548. The summed E-state index contributed by atoms with van der Waals surface area (Å²) in [5.41, 5.74) is 3.38. The van der Waals surface area contributed by atoms with Crippen molar-refractivity contribution < 1.29 is 0 Å². The van der Waals surface area contributed by atoms with E-state index in [1.807, 2.05) is 7.98 Å². The fourth-order valence-electron chi connectivity index (χ4n) is 1.42. The van der Waals surface area contributed by atoms with Gasteiger partial charge in [0, 0.05) is 0 Å². The van der Waals surface area contributed by atoms with Crippen molar-refractivity contribution >= 4 is 19.0 Å². The standard InChI is InChI=1S/C9H12BN3/c1-6(2)7-3-4-9-8(5-7)11-12-13(9)10/h3-6H,10H2,1-2H3. The van der Waals surface area contributed by atoms with Crippen LogP contribution in [0.2, 0.25) is 0 Å². The molecular weight excluding hydrogens is 161 g/mol. The first-order chi connectivity index (χ1) is 6.18. The molecule has 0 unspecified atom stereocenters. The van der Waals surface area contributed by atoms with Crippen LogP contribution in [-0.2, 0) is 0 Å². The third-order valence-corrected chi connectivity index (χ3v) is 2.30. The van der Waals surface area contributed by atoms with Crippen molar-refractivity contribution in [2.24, 2.45) is 0 Å². The van der Waals surface area contributed by atoms with Crippen LogP contribution in [0.25, 0.3) is 11.0 Å². The SMILES string of the molecule is Bn1nnc2cc(C(C)C)ccc21. The third kappa shape index (κ3) is 1.32. The van der Waals surface area contributed by atoms with Gasteiger partial charge in [-0.25, -0.2) is 0 Å². The van der Waals surface area contributed by atoms with Crippen LogP contribution in [0.1, 0.15) is 25.3 Å². The van der Waals surface area contributed by atoms with Crippen molar-refractivity contribution in [3.05, 3.63) is 23.8 Å². The highest BCUT2D eigenvalue weighted by Crippen LogP contribution is 2.18. The number of hydrogen-bond donors (Lipinski definition) is 0. The maximum Gasteiger partial charge on any atom is 0.252 e. The summed E-state index contributed by atoms with van der Waals surface area (Å²) in [6.07, 6.45) is 0. The second-order valence-corrected chi connectivity index (χ2v) is 3.62. The molecule has 0 radical (unpaired) electrons. The first-order valence-corrected chi connectivity index (χ1v) is 4.48. The molecule has 0 saturated heterocycles. The zero-order valence-corrected chi connectivity index (χ0v) is 8.15. The minimum atomic E-state index is 0.548. The molecule has 1 aromatic heterocycles. The zero-order valence-electron chi connectivity index (χ0n) is 8.15. The van der Waals surface area contributed by atoms with E-state index in [2.05, 4.69) is 42.4 Å². The Morgan fingerprint density at radius 2 is 2.15 bits per heavy atom. The summed E-state index contributed by atoms with van der Waals surface area (Å²) in [4.78, 5) is 0. The second-order valence-electron chi connectivity index (χ2n) is 3.62. The van der Waals surface area contributed by atoms with Crippen LogP contribution in [0.5, 0.6) is 0 Å². The lowest BCUT2D eigenvalue weighted by Gasteiger charge is -2.03. The lowest BCUT2D eigenvalue weighted by molar-refractivity contribution is 0.868. The summed E-state index contributed by atoms with van der Waals surface area (Å²) in [7, 11) is 1.91. The molecule has 0 aliphatic carbocycles. The summed E-state index contributed by atoms with van der Waals surface area (Å²) >= 11 is 0. The largest absolute Gasteiger partial charge is 0.300 e. The molecule has 0 bridgehead atoms. The fourth-order valence-corrected chi connectivity index (χ4v) is 1.42. The quantitative estimate of drug-likeness (QED) is 0.601. The van der Waals surface area contributed by atoms with E-state index in [9.17, 15) is 0 Å². The molecule has 0 aliphatic rings. The van der Waals surface area contributed by atoms with E-state index >= 15 is 0 Å². The predicted molar refractivity (Wildman–Crippen MR) is 55.6 cm³/mol. The lowest BCUT2D eigenvalue weighted by atomic mass is 10.0. The molecule has 0 amide bonds. The van der Waals surface area contributed by atoms with Gasteiger partial charge in [0.15, 0.2) is 0 Å². The number of aromatic nitrogens is 3. The molecule has 2 aromatic rings. The molecule has 4 heteroatoms. The van der Waals surface area contributed by atoms with Crippen molar-refractivity contribution in [1.82, 2.24) is 14.9 Å². The van der Waals surface area contributed by atoms with Gasteiger partial charge in [0.05, 0.1) is 5.52 Å². The van der Waals surface area contributed by atoms with Gasteiger partial charge in [0.2, 0.25) is 0 Å². The molecule has 3 nitrogen and oxygen atoms in total. The van der Waals surface area contributed by atoms with E-state index in [0.717, 1.165) is 11.0 Å². The Morgan fingerprint density at radius 1 is 1.38 bits per heavy atom. The molecular formula is C9H12BN3. The van der Waals surface area contributed by atoms with Crippen LogP contribution >= 0.6 is 0 Å². The summed E-state index contributed by atoms with van der Waals surface area (Å²) in [5, 5.41) is 8.04. The van der Waals surface area contributed by atoms with E-state index in [-0.39, 0.29) is 0 Å². The highest BCUT2D eigenvalue weighted by atomic mass is 15.4. The van der Waals surface area contributed by atoms with Gasteiger partial charge in [-0.2, -0.15) is 0 Å². The van der Waals surface area contributed by atoms with E-state index in [1.54, 1.807) is 4.59 Å². The van der Waals surface area contributed by atoms with Gasteiger partial charge < -0.3 is 0 Å². The summed E-state index contributed by atoms with van der Waals surface area (Å²) in [6, 6.07) is 6.31. The normalized spacial score (nSPS) is 11.3. The zero-order chi connectivity index (χ0) is 9.42. The average molecular weight is 173 g/mol. The number of benzene rings is 1. The molecule has 0 spiro atoms. The first kappa shape index (κ1) is 8.29. The van der Waals surface area contributed by atoms with Crippen molar-refractivity contribution in [2.45, 2.75) is 19.8 Å². The van der Waals surface area contributed by atoms with Crippen molar-refractivity contribution in [1.29, 1.82) is 0 Å². The van der Waals surface area contributed by atoms with Gasteiger partial charge in [-0.15, -0.1) is 5.10 Å². The second kappa shape index (κ2) is 2.87. The first-order valence-electron chi connectivity index (χ1n) is 4.48. The summed E-state index contributed by atoms with van der Waals surface area (Å²) in [6.45, 7) is 4.36. The van der Waals surface area contributed by atoms with Gasteiger partial charge in [-0.1, -0.05) is 25.1 Å². The molecule has 13 heavy (non-hydrogen) atoms. The maximum absolute atomic E-state index is 4.07. The van der Waals surface area contributed by atoms with Crippen LogP contribution in [0.3, 0.4) is 0 Å². The monoisotopic (exact) mass is 173 g/mol. The average Bonchev–Trinajstić information content (AvgIpc) is 2.47. The van der Waals surface area contributed by atoms with Gasteiger partial charge in [0.25, 0.3) is 7.98 Å². The molecule has 2 rings (SSSR count). The number of rotatable bonds is 1. The van der Waals surface area contributed by atoms with E-state index in [0.29, 0.717) is 5.92 Å². The molecule has 0 atom stereocenters. The Labute approximate surface area is 78.2 Å². The van der Waals surface area contributed by atoms with Crippen molar-refractivity contribution in [2.75, 3.05) is 0 Å². The number of fused-ring (bicyclic) bond motifs is 1. The van der Waals surface area contributed by atoms with Gasteiger partial charge in [-0.3, -0.25) is 4.59 Å². The maximum atomic E-state index is 4.07. The molecule has 0 aliphatic heterocycles. The van der Waals surface area contributed by atoms with Crippen LogP contribution in [0.15, 0.2) is 18.2 Å². The number of hydrogen-bond acceptors (Lipinski definition) is 2. The minimum Gasteiger partial charge on any atom is -0.300 e. The van der Waals surface area contributed by atoms with Gasteiger partial charge in [0.1, 0.15) is 5.52 Å². The smallest absolute Gasteiger partial charge is 0.252 e. The van der Waals surface area contributed by atoms with Crippen molar-refractivity contribution in [3.63, 3.8) is 0 Å². The molecule has 66 valence electrons. The van der Waals surface area contributed by atoms with Crippen molar-refractivity contribution in [3.8, 4) is 0 Å². The van der Waals surface area contributed by atoms with Crippen LogP contribution < -0.4 is 0 Å². The topological polar surface area (TPSA) is 30.7 Å². The Bertz CT molecular complexity index is 433. The Kier molecular flexibility index (Phi) is 1.83. The highest BCUT2D eigenvalue weighted by molar-refractivity contribution is 6.09. The van der Waals surface area contributed by atoms with Crippen LogP contribution in [0, 0.1) is 0 Å². The fraction of sp³-hybridized carbons (Fsp3) is 0.333. The van der Waals surface area contributed by atoms with Gasteiger partial charge in [-0.05, 0) is 23.6 Å². The van der Waals surface area contributed by atoms with E-state index in [4.69, 9.17) is 0 Å². The highest BCUT2D eigenvalue weighted by Gasteiger charge is 2.03. The molecule has 0 N–H and O–H groups in total. The Hall–Kier alpha value is -1.32. The molecule has 1 aromatic carbocycles. The number of nitrogens with zero attached hydrogens (tertiary/aromatic N) is 3. The van der Waals surface area contributed by atoms with E-state index < -0.39 is 0 Å². The summed E-state index contributed by atoms with van der Waals surface area (Å²) < 4.78 is 1.79. The Balaban J connectivity index is 2.63. The third-order valence-electron chi connectivity index (χ3n) is 2.30. The van der Waals surface area contributed by atoms with Crippen LogP contribution in [-0.4, -0.2) is 22.9 Å².